The van der Waals surface area contributed by atoms with Crippen molar-refractivity contribution in [2.45, 2.75) is 46.6 Å². The standard InChI is InChI=1S/C14H30N2O2/c1-7-16(12(2)11-15(5)6)10-8-9-14(3,4)13(17)18/h12H,7-11H2,1-6H3,(H,17,18). The molecule has 0 saturated heterocycles. The van der Waals surface area contributed by atoms with E-state index in [4.69, 9.17) is 5.11 Å². The van der Waals surface area contributed by atoms with Crippen LogP contribution in [0.4, 0.5) is 0 Å². The molecule has 1 atom stereocenters. The average molecular weight is 258 g/mol. The van der Waals surface area contributed by atoms with Crippen LogP contribution < -0.4 is 0 Å². The lowest BCUT2D eigenvalue weighted by Gasteiger charge is -2.30. The predicted molar refractivity (Wildman–Crippen MR) is 75.9 cm³/mol. The molecule has 4 heteroatoms. The van der Waals surface area contributed by atoms with E-state index in [2.05, 4.69) is 37.7 Å². The van der Waals surface area contributed by atoms with Gasteiger partial charge in [-0.25, -0.2) is 0 Å². The fraction of sp³-hybridized carbons (Fsp3) is 0.929. The minimum absolute atomic E-state index is 0.512. The molecule has 0 aliphatic carbocycles. The minimum atomic E-state index is -0.702. The van der Waals surface area contributed by atoms with E-state index in [1.54, 1.807) is 13.8 Å². The molecule has 0 aromatic carbocycles. The zero-order chi connectivity index (χ0) is 14.3. The van der Waals surface area contributed by atoms with Crippen LogP contribution in [0.15, 0.2) is 0 Å². The van der Waals surface area contributed by atoms with Gasteiger partial charge in [-0.3, -0.25) is 9.69 Å². The summed E-state index contributed by atoms with van der Waals surface area (Å²) in [4.78, 5) is 15.6. The smallest absolute Gasteiger partial charge is 0.309 e. The molecule has 0 amide bonds. The molecular weight excluding hydrogens is 228 g/mol. The lowest BCUT2D eigenvalue weighted by molar-refractivity contribution is -0.147. The first-order valence-electron chi connectivity index (χ1n) is 6.83. The Balaban J connectivity index is 4.12. The second kappa shape index (κ2) is 7.74. The highest BCUT2D eigenvalue weighted by atomic mass is 16.4. The number of carboxylic acid groups (broad SMARTS) is 1. The van der Waals surface area contributed by atoms with E-state index >= 15 is 0 Å². The third-order valence-corrected chi connectivity index (χ3v) is 3.48. The largest absolute Gasteiger partial charge is 0.481 e. The molecule has 18 heavy (non-hydrogen) atoms. The summed E-state index contributed by atoms with van der Waals surface area (Å²) in [6.45, 7) is 11.0. The Labute approximate surface area is 112 Å². The predicted octanol–water partition coefficient (Wildman–Crippen LogP) is 2.15. The second-order valence-electron chi connectivity index (χ2n) is 6.03. The van der Waals surface area contributed by atoms with Gasteiger partial charge in [0.15, 0.2) is 0 Å². The maximum absolute atomic E-state index is 11.0. The number of hydrogen-bond acceptors (Lipinski definition) is 3. The SMILES string of the molecule is CCN(CCCC(C)(C)C(=O)O)C(C)CN(C)C. The fourth-order valence-corrected chi connectivity index (χ4v) is 2.17. The van der Waals surface area contributed by atoms with Crippen LogP contribution in [0.2, 0.25) is 0 Å². The maximum atomic E-state index is 11.0. The van der Waals surface area contributed by atoms with Crippen molar-refractivity contribution in [1.82, 2.24) is 9.80 Å². The molecular formula is C14H30N2O2. The molecule has 0 rings (SSSR count). The number of hydrogen-bond donors (Lipinski definition) is 1. The van der Waals surface area contributed by atoms with Gasteiger partial charge < -0.3 is 10.0 Å². The molecule has 0 radical (unpaired) electrons. The number of rotatable bonds is 9. The second-order valence-corrected chi connectivity index (χ2v) is 6.03. The average Bonchev–Trinajstić information content (AvgIpc) is 2.22. The summed E-state index contributed by atoms with van der Waals surface area (Å²) >= 11 is 0. The quantitative estimate of drug-likeness (QED) is 0.688. The van der Waals surface area contributed by atoms with Gasteiger partial charge in [0, 0.05) is 12.6 Å². The zero-order valence-electron chi connectivity index (χ0n) is 12.9. The van der Waals surface area contributed by atoms with Gasteiger partial charge in [0.2, 0.25) is 0 Å². The van der Waals surface area contributed by atoms with Gasteiger partial charge in [-0.15, -0.1) is 0 Å². The molecule has 4 nitrogen and oxygen atoms in total. The third kappa shape index (κ3) is 6.36. The highest BCUT2D eigenvalue weighted by Gasteiger charge is 2.26. The summed E-state index contributed by atoms with van der Waals surface area (Å²) < 4.78 is 0. The molecule has 0 bridgehead atoms. The van der Waals surface area contributed by atoms with E-state index in [0.717, 1.165) is 32.5 Å². The Kier molecular flexibility index (Phi) is 7.48. The molecule has 0 spiro atoms. The van der Waals surface area contributed by atoms with Crippen LogP contribution in [0.5, 0.6) is 0 Å². The van der Waals surface area contributed by atoms with Gasteiger partial charge in [-0.1, -0.05) is 6.92 Å². The molecule has 1 N–H and O–H groups in total. The summed E-state index contributed by atoms with van der Waals surface area (Å²) in [5.41, 5.74) is -0.607. The lowest BCUT2D eigenvalue weighted by atomic mass is 9.88. The molecule has 0 heterocycles. The van der Waals surface area contributed by atoms with E-state index in [1.165, 1.54) is 0 Å². The lowest BCUT2D eigenvalue weighted by Crippen LogP contribution is -2.40. The summed E-state index contributed by atoms with van der Waals surface area (Å²) in [5.74, 6) is -0.702. The Hall–Kier alpha value is -0.610. The van der Waals surface area contributed by atoms with Crippen molar-refractivity contribution >= 4 is 5.97 Å². The monoisotopic (exact) mass is 258 g/mol. The minimum Gasteiger partial charge on any atom is -0.481 e. The van der Waals surface area contributed by atoms with Crippen molar-refractivity contribution in [3.8, 4) is 0 Å². The highest BCUT2D eigenvalue weighted by molar-refractivity contribution is 5.73. The molecule has 1 unspecified atom stereocenters. The van der Waals surface area contributed by atoms with Crippen LogP contribution in [0.3, 0.4) is 0 Å². The number of carboxylic acids is 1. The van der Waals surface area contributed by atoms with Crippen LogP contribution in [0, 0.1) is 5.41 Å². The van der Waals surface area contributed by atoms with Gasteiger partial charge in [0.1, 0.15) is 0 Å². The van der Waals surface area contributed by atoms with Crippen LogP contribution >= 0.6 is 0 Å². The number of aliphatic carboxylic acids is 1. The Morgan fingerprint density at radius 1 is 1.33 bits per heavy atom. The Morgan fingerprint density at radius 3 is 2.28 bits per heavy atom. The zero-order valence-corrected chi connectivity index (χ0v) is 12.9. The summed E-state index contributed by atoms with van der Waals surface area (Å²) in [5, 5.41) is 9.07. The van der Waals surface area contributed by atoms with Crippen LogP contribution in [-0.4, -0.2) is 60.6 Å². The fourth-order valence-electron chi connectivity index (χ4n) is 2.17. The van der Waals surface area contributed by atoms with Crippen molar-refractivity contribution < 1.29 is 9.90 Å². The molecule has 0 aromatic rings. The molecule has 108 valence electrons. The summed E-state index contributed by atoms with van der Waals surface area (Å²) in [6.07, 6.45) is 1.67. The first-order valence-corrected chi connectivity index (χ1v) is 6.83. The van der Waals surface area contributed by atoms with Gasteiger partial charge >= 0.3 is 5.97 Å². The van der Waals surface area contributed by atoms with Gasteiger partial charge in [-0.2, -0.15) is 0 Å². The van der Waals surface area contributed by atoms with E-state index < -0.39 is 11.4 Å². The van der Waals surface area contributed by atoms with Crippen molar-refractivity contribution in [3.05, 3.63) is 0 Å². The van der Waals surface area contributed by atoms with E-state index in [1.807, 2.05) is 0 Å². The highest BCUT2D eigenvalue weighted by Crippen LogP contribution is 2.22. The third-order valence-electron chi connectivity index (χ3n) is 3.48. The van der Waals surface area contributed by atoms with Crippen LogP contribution in [0.1, 0.15) is 40.5 Å². The normalized spacial score (nSPS) is 14.2. The van der Waals surface area contributed by atoms with Crippen molar-refractivity contribution in [2.75, 3.05) is 33.7 Å². The van der Waals surface area contributed by atoms with Crippen molar-refractivity contribution in [1.29, 1.82) is 0 Å². The Morgan fingerprint density at radius 2 is 1.89 bits per heavy atom. The number of nitrogens with zero attached hydrogens (tertiary/aromatic N) is 2. The maximum Gasteiger partial charge on any atom is 0.309 e. The molecule has 0 aliphatic rings. The van der Waals surface area contributed by atoms with Crippen molar-refractivity contribution in [2.24, 2.45) is 5.41 Å². The number of likely N-dealkylation sites (N-methyl/N-ethyl adjacent to an activating group) is 2. The van der Waals surface area contributed by atoms with Gasteiger partial charge in [-0.05, 0) is 60.8 Å². The molecule has 0 aliphatic heterocycles. The van der Waals surface area contributed by atoms with Crippen molar-refractivity contribution in [3.63, 3.8) is 0 Å². The molecule has 0 fully saturated rings. The summed E-state index contributed by atoms with van der Waals surface area (Å²) in [6, 6.07) is 0.512. The van der Waals surface area contributed by atoms with Crippen LogP contribution in [0.25, 0.3) is 0 Å². The van der Waals surface area contributed by atoms with E-state index in [-0.39, 0.29) is 0 Å². The van der Waals surface area contributed by atoms with E-state index in [9.17, 15) is 4.79 Å². The number of carbonyl (C=O) groups is 1. The first-order chi connectivity index (χ1) is 8.20. The van der Waals surface area contributed by atoms with Gasteiger partial charge in [0.25, 0.3) is 0 Å². The van der Waals surface area contributed by atoms with E-state index in [0.29, 0.717) is 6.04 Å². The molecule has 0 saturated carbocycles. The Bertz CT molecular complexity index is 252. The first kappa shape index (κ1) is 17.4. The summed E-state index contributed by atoms with van der Waals surface area (Å²) in [7, 11) is 4.16. The van der Waals surface area contributed by atoms with Gasteiger partial charge in [0.05, 0.1) is 5.41 Å². The molecule has 0 aromatic heterocycles. The van der Waals surface area contributed by atoms with Crippen LogP contribution in [-0.2, 0) is 4.79 Å². The topological polar surface area (TPSA) is 43.8 Å².